The number of fused-ring (bicyclic) bond motifs is 1. The molecule has 0 fully saturated rings. The monoisotopic (exact) mass is 466 g/mol. The molecule has 0 aliphatic heterocycles. The molecule has 0 saturated carbocycles. The van der Waals surface area contributed by atoms with E-state index < -0.39 is 0 Å². The Balaban J connectivity index is 1.43. The van der Waals surface area contributed by atoms with E-state index in [2.05, 4.69) is 15.5 Å². The minimum Gasteiger partial charge on any atom is -0.481 e. The lowest BCUT2D eigenvalue weighted by Gasteiger charge is -2.12. The van der Waals surface area contributed by atoms with Gasteiger partial charge in [0.05, 0.1) is 21.9 Å². The summed E-state index contributed by atoms with van der Waals surface area (Å²) in [5, 5.41) is 5.98. The molecule has 1 amide bonds. The van der Waals surface area contributed by atoms with Crippen molar-refractivity contribution < 1.29 is 9.53 Å². The van der Waals surface area contributed by atoms with Gasteiger partial charge in [0.2, 0.25) is 0 Å². The Morgan fingerprint density at radius 1 is 1.16 bits per heavy atom. The van der Waals surface area contributed by atoms with Gasteiger partial charge in [-0.15, -0.1) is 0 Å². The first-order valence-electron chi connectivity index (χ1n) is 9.87. The van der Waals surface area contributed by atoms with E-state index in [1.165, 1.54) is 0 Å². The molecule has 8 heteroatoms. The zero-order chi connectivity index (χ0) is 22.7. The van der Waals surface area contributed by atoms with E-state index in [-0.39, 0.29) is 12.5 Å². The van der Waals surface area contributed by atoms with E-state index in [4.69, 9.17) is 27.9 Å². The molecular weight excluding hydrogens is 447 g/mol. The summed E-state index contributed by atoms with van der Waals surface area (Å²) in [7, 11) is 0. The molecule has 2 aromatic carbocycles. The van der Waals surface area contributed by atoms with Crippen LogP contribution < -0.4 is 10.2 Å². The third kappa shape index (κ3) is 4.47. The molecule has 162 valence electrons. The van der Waals surface area contributed by atoms with Crippen molar-refractivity contribution in [1.82, 2.24) is 15.0 Å². The van der Waals surface area contributed by atoms with E-state index >= 15 is 0 Å². The number of aryl methyl sites for hydroxylation is 1. The van der Waals surface area contributed by atoms with Gasteiger partial charge in [0, 0.05) is 28.5 Å². The predicted molar refractivity (Wildman–Crippen MR) is 128 cm³/mol. The predicted octanol–water partition coefficient (Wildman–Crippen LogP) is 5.48. The molecule has 0 aliphatic carbocycles. The number of halogens is 2. The molecule has 2 heterocycles. The van der Waals surface area contributed by atoms with Gasteiger partial charge >= 0.3 is 0 Å². The number of ether oxygens (including phenoxy) is 1. The van der Waals surface area contributed by atoms with Gasteiger partial charge in [-0.05, 0) is 44.2 Å². The number of hydrogen-bond acceptors (Lipinski definition) is 4. The van der Waals surface area contributed by atoms with Crippen LogP contribution in [0.25, 0.3) is 16.6 Å². The van der Waals surface area contributed by atoms with Gasteiger partial charge in [0.1, 0.15) is 11.3 Å². The van der Waals surface area contributed by atoms with E-state index in [1.807, 2.05) is 60.9 Å². The van der Waals surface area contributed by atoms with Gasteiger partial charge in [-0.25, -0.2) is 5.43 Å². The molecule has 4 rings (SSSR count). The number of benzene rings is 2. The van der Waals surface area contributed by atoms with Crippen LogP contribution in [0.15, 0.2) is 65.9 Å². The highest BCUT2D eigenvalue weighted by Crippen LogP contribution is 2.31. The molecule has 0 unspecified atom stereocenters. The van der Waals surface area contributed by atoms with Crippen LogP contribution in [0.4, 0.5) is 0 Å². The molecule has 32 heavy (non-hydrogen) atoms. The van der Waals surface area contributed by atoms with Crippen molar-refractivity contribution in [3.8, 4) is 11.4 Å². The van der Waals surface area contributed by atoms with Crippen LogP contribution in [0.1, 0.15) is 17.0 Å². The molecule has 1 N–H and O–H groups in total. The number of para-hydroxylation sites is 1. The first kappa shape index (κ1) is 21.9. The van der Waals surface area contributed by atoms with Gasteiger partial charge in [0.15, 0.2) is 6.61 Å². The number of aromatic nitrogens is 2. The number of hydrazone groups is 1. The lowest BCUT2D eigenvalue weighted by molar-refractivity contribution is -0.123. The lowest BCUT2D eigenvalue weighted by atomic mass is 10.2. The maximum Gasteiger partial charge on any atom is 0.277 e. The second-order valence-electron chi connectivity index (χ2n) is 7.15. The molecular formula is C24H20Cl2N4O2. The van der Waals surface area contributed by atoms with Crippen molar-refractivity contribution in [1.29, 1.82) is 0 Å². The fourth-order valence-corrected chi connectivity index (χ4v) is 3.88. The first-order valence-corrected chi connectivity index (χ1v) is 10.6. The van der Waals surface area contributed by atoms with Gasteiger partial charge in [-0.2, -0.15) is 5.10 Å². The summed E-state index contributed by atoms with van der Waals surface area (Å²) in [5.41, 5.74) is 6.72. The smallest absolute Gasteiger partial charge is 0.277 e. The molecule has 6 nitrogen and oxygen atoms in total. The van der Waals surface area contributed by atoms with Crippen molar-refractivity contribution in [2.45, 2.75) is 13.8 Å². The molecule has 2 aromatic heterocycles. The highest BCUT2D eigenvalue weighted by molar-refractivity contribution is 6.43. The fourth-order valence-electron chi connectivity index (χ4n) is 3.50. The number of pyridine rings is 1. The molecule has 0 radical (unpaired) electrons. The SMILES string of the molecule is Cc1cc(/C=N/NC(=O)COc2cccc3cccnc23)c(C)n1-c1cccc(Cl)c1Cl. The van der Waals surface area contributed by atoms with Gasteiger partial charge in [-0.1, -0.05) is 47.5 Å². The van der Waals surface area contributed by atoms with Crippen molar-refractivity contribution in [2.75, 3.05) is 6.61 Å². The normalized spacial score (nSPS) is 11.2. The van der Waals surface area contributed by atoms with Crippen molar-refractivity contribution in [2.24, 2.45) is 5.10 Å². The Labute approximate surface area is 195 Å². The lowest BCUT2D eigenvalue weighted by Crippen LogP contribution is -2.24. The topological polar surface area (TPSA) is 68.5 Å². The Morgan fingerprint density at radius 3 is 2.78 bits per heavy atom. The number of hydrogen-bond donors (Lipinski definition) is 1. The Bertz CT molecular complexity index is 1330. The minimum atomic E-state index is -0.374. The number of rotatable bonds is 6. The zero-order valence-electron chi connectivity index (χ0n) is 17.5. The van der Waals surface area contributed by atoms with E-state index in [1.54, 1.807) is 24.5 Å². The van der Waals surface area contributed by atoms with Crippen molar-refractivity contribution in [3.05, 3.63) is 87.8 Å². The number of nitrogens with zero attached hydrogens (tertiary/aromatic N) is 3. The maximum atomic E-state index is 12.2. The highest BCUT2D eigenvalue weighted by Gasteiger charge is 2.14. The first-order chi connectivity index (χ1) is 15.5. The van der Waals surface area contributed by atoms with Gasteiger partial charge in [0.25, 0.3) is 5.91 Å². The Hall–Kier alpha value is -3.35. The fraction of sp³-hybridized carbons (Fsp3) is 0.125. The number of nitrogens with one attached hydrogen (secondary N) is 1. The number of carbonyl (C=O) groups excluding carboxylic acids is 1. The second kappa shape index (κ2) is 9.42. The van der Waals surface area contributed by atoms with Crippen LogP contribution in [0, 0.1) is 13.8 Å². The summed E-state index contributed by atoms with van der Waals surface area (Å²) in [6.07, 6.45) is 3.28. The van der Waals surface area contributed by atoms with Crippen LogP contribution in [-0.2, 0) is 4.79 Å². The molecule has 0 saturated heterocycles. The summed E-state index contributed by atoms with van der Waals surface area (Å²) in [4.78, 5) is 16.5. The second-order valence-corrected chi connectivity index (χ2v) is 7.93. The molecule has 4 aromatic rings. The van der Waals surface area contributed by atoms with Crippen LogP contribution in [0.2, 0.25) is 10.0 Å². The maximum absolute atomic E-state index is 12.2. The van der Waals surface area contributed by atoms with Crippen molar-refractivity contribution in [3.63, 3.8) is 0 Å². The van der Waals surface area contributed by atoms with Crippen LogP contribution in [0.3, 0.4) is 0 Å². The molecule has 0 bridgehead atoms. The standard InChI is InChI=1S/C24H20Cl2N4O2/c1-15-12-18(16(2)30(15)20-9-4-8-19(25)23(20)26)13-28-29-22(31)14-32-21-10-3-6-17-7-5-11-27-24(17)21/h3-13H,14H2,1-2H3,(H,29,31)/b28-13+. The Morgan fingerprint density at radius 2 is 1.94 bits per heavy atom. The summed E-state index contributed by atoms with van der Waals surface area (Å²) in [5.74, 6) is 0.171. The van der Waals surface area contributed by atoms with E-state index in [0.29, 0.717) is 21.3 Å². The largest absolute Gasteiger partial charge is 0.481 e. The number of amides is 1. The average Bonchev–Trinajstić information content (AvgIpc) is 3.07. The van der Waals surface area contributed by atoms with E-state index in [0.717, 1.165) is 28.0 Å². The molecule has 0 atom stereocenters. The quantitative estimate of drug-likeness (QED) is 0.302. The highest BCUT2D eigenvalue weighted by atomic mass is 35.5. The number of carbonyl (C=O) groups is 1. The third-order valence-electron chi connectivity index (χ3n) is 4.99. The minimum absolute atomic E-state index is 0.176. The van der Waals surface area contributed by atoms with Crippen LogP contribution >= 0.6 is 23.2 Å². The average molecular weight is 467 g/mol. The van der Waals surface area contributed by atoms with Gasteiger partial charge in [-0.3, -0.25) is 9.78 Å². The molecule has 0 aliphatic rings. The summed E-state index contributed by atoms with van der Waals surface area (Å²) >= 11 is 12.6. The molecule has 0 spiro atoms. The summed E-state index contributed by atoms with van der Waals surface area (Å²) < 4.78 is 7.63. The Kier molecular flexibility index (Phi) is 6.44. The summed E-state index contributed by atoms with van der Waals surface area (Å²) in [6.45, 7) is 3.74. The van der Waals surface area contributed by atoms with Crippen LogP contribution in [-0.4, -0.2) is 28.3 Å². The third-order valence-corrected chi connectivity index (χ3v) is 5.80. The summed E-state index contributed by atoms with van der Waals surface area (Å²) in [6, 6.07) is 16.8. The van der Waals surface area contributed by atoms with Crippen LogP contribution in [0.5, 0.6) is 5.75 Å². The van der Waals surface area contributed by atoms with Crippen molar-refractivity contribution >= 4 is 46.2 Å². The zero-order valence-corrected chi connectivity index (χ0v) is 19.0. The van der Waals surface area contributed by atoms with Gasteiger partial charge < -0.3 is 9.30 Å². The van der Waals surface area contributed by atoms with E-state index in [9.17, 15) is 4.79 Å².